The summed E-state index contributed by atoms with van der Waals surface area (Å²) in [6.07, 6.45) is -4.38. The van der Waals surface area contributed by atoms with E-state index in [0.29, 0.717) is 0 Å². The van der Waals surface area contributed by atoms with Crippen LogP contribution in [0.5, 0.6) is 5.75 Å². The highest BCUT2D eigenvalue weighted by Gasteiger charge is 2.42. The molecule has 2 aromatic carbocycles. The first kappa shape index (κ1) is 23.8. The lowest BCUT2D eigenvalue weighted by molar-refractivity contribution is -0.153. The number of rotatable bonds is 7. The van der Waals surface area contributed by atoms with Gasteiger partial charge in [0.2, 0.25) is 5.91 Å². The number of halogens is 3. The Hall–Kier alpha value is -3.87. The third kappa shape index (κ3) is 5.31. The Bertz CT molecular complexity index is 1100. The van der Waals surface area contributed by atoms with Crippen molar-refractivity contribution in [3.8, 4) is 11.8 Å². The van der Waals surface area contributed by atoms with E-state index in [1.54, 1.807) is 18.2 Å². The fraction of sp³-hybridized carbons (Fsp3) is 0.304. The number of nitrogens with zero attached hydrogens (tertiary/aromatic N) is 2. The van der Waals surface area contributed by atoms with Crippen molar-refractivity contribution in [3.05, 3.63) is 59.2 Å². The summed E-state index contributed by atoms with van der Waals surface area (Å²) in [5.41, 5.74) is 0.323. The Morgan fingerprint density at radius 1 is 1.12 bits per heavy atom. The van der Waals surface area contributed by atoms with Crippen molar-refractivity contribution in [1.82, 2.24) is 4.90 Å². The van der Waals surface area contributed by atoms with Gasteiger partial charge in [-0.05, 0) is 42.7 Å². The monoisotopic (exact) mass is 459 g/mol. The van der Waals surface area contributed by atoms with Gasteiger partial charge < -0.3 is 10.1 Å². The number of ether oxygens (including phenoxy) is 1. The molecule has 0 saturated carbocycles. The van der Waals surface area contributed by atoms with Crippen LogP contribution < -0.4 is 10.1 Å². The van der Waals surface area contributed by atoms with Gasteiger partial charge in [0.1, 0.15) is 17.9 Å². The largest absolute Gasteiger partial charge is 0.483 e. The summed E-state index contributed by atoms with van der Waals surface area (Å²) in [6.45, 7) is 2.10. The van der Waals surface area contributed by atoms with E-state index in [1.165, 1.54) is 24.3 Å². The van der Waals surface area contributed by atoms with E-state index in [2.05, 4.69) is 10.1 Å². The average Bonchev–Trinajstić information content (AvgIpc) is 3.00. The number of hydrogen-bond acceptors (Lipinski definition) is 5. The van der Waals surface area contributed by atoms with Crippen LogP contribution in [0.2, 0.25) is 0 Å². The van der Waals surface area contributed by atoms with Crippen molar-refractivity contribution < 1.29 is 32.3 Å². The van der Waals surface area contributed by atoms with Crippen molar-refractivity contribution in [2.24, 2.45) is 5.92 Å². The normalized spacial score (nSPS) is 14.2. The molecule has 3 amide bonds. The van der Waals surface area contributed by atoms with Crippen molar-refractivity contribution in [1.29, 1.82) is 5.26 Å². The second-order valence-corrected chi connectivity index (χ2v) is 7.89. The van der Waals surface area contributed by atoms with E-state index in [9.17, 15) is 32.8 Å². The topological polar surface area (TPSA) is 99.5 Å². The van der Waals surface area contributed by atoms with Gasteiger partial charge in [0.25, 0.3) is 11.8 Å². The molecule has 1 atom stereocenters. The van der Waals surface area contributed by atoms with E-state index < -0.39 is 36.5 Å². The van der Waals surface area contributed by atoms with E-state index in [-0.39, 0.29) is 40.5 Å². The maximum absolute atomic E-state index is 13.1. The van der Waals surface area contributed by atoms with Gasteiger partial charge in [-0.25, -0.2) is 0 Å². The second-order valence-electron chi connectivity index (χ2n) is 7.89. The molecule has 0 saturated heterocycles. The molecule has 0 aliphatic carbocycles. The van der Waals surface area contributed by atoms with Crippen LogP contribution in [0.3, 0.4) is 0 Å². The van der Waals surface area contributed by atoms with Crippen LogP contribution in [0.25, 0.3) is 0 Å². The fourth-order valence-electron chi connectivity index (χ4n) is 3.47. The van der Waals surface area contributed by atoms with Crippen LogP contribution >= 0.6 is 0 Å². The Labute approximate surface area is 187 Å². The number of hydrogen-bond donors (Lipinski definition) is 1. The highest BCUT2D eigenvalue weighted by molar-refractivity contribution is 6.23. The van der Waals surface area contributed by atoms with E-state index in [4.69, 9.17) is 0 Å². The number of amides is 3. The molecule has 0 spiro atoms. The number of anilines is 1. The third-order valence-electron chi connectivity index (χ3n) is 4.89. The van der Waals surface area contributed by atoms with Crippen LogP contribution in [0, 0.1) is 17.2 Å². The predicted octanol–water partition coefficient (Wildman–Crippen LogP) is 4.15. The summed E-state index contributed by atoms with van der Waals surface area (Å²) in [7, 11) is 0. The molecule has 1 N–H and O–H groups in total. The van der Waals surface area contributed by atoms with Gasteiger partial charge in [-0.1, -0.05) is 26.0 Å². The van der Waals surface area contributed by atoms with E-state index in [0.717, 1.165) is 11.0 Å². The summed E-state index contributed by atoms with van der Waals surface area (Å²) < 4.78 is 41.9. The SMILES string of the molecule is CC(C)CC(C(=O)Nc1ccc(OCC(F)(F)F)c(C#N)c1)N1C(=O)c2ccccc2C1=O. The molecule has 1 unspecified atom stereocenters. The first-order valence-electron chi connectivity index (χ1n) is 10.0. The molecule has 0 aromatic heterocycles. The Morgan fingerprint density at radius 3 is 2.24 bits per heavy atom. The van der Waals surface area contributed by atoms with Crippen LogP contribution in [0.4, 0.5) is 18.9 Å². The van der Waals surface area contributed by atoms with Crippen molar-refractivity contribution in [3.63, 3.8) is 0 Å². The lowest BCUT2D eigenvalue weighted by Crippen LogP contribution is -2.47. The molecule has 1 aliphatic heterocycles. The zero-order chi connectivity index (χ0) is 24.3. The quantitative estimate of drug-likeness (QED) is 0.627. The molecule has 3 rings (SSSR count). The number of alkyl halides is 3. The van der Waals surface area contributed by atoms with Gasteiger partial charge in [0, 0.05) is 5.69 Å². The first-order valence-corrected chi connectivity index (χ1v) is 10.0. The summed E-state index contributed by atoms with van der Waals surface area (Å²) in [4.78, 5) is 39.7. The molecule has 1 heterocycles. The van der Waals surface area contributed by atoms with Gasteiger partial charge in [0.15, 0.2) is 6.61 Å². The summed E-state index contributed by atoms with van der Waals surface area (Å²) >= 11 is 0. The number of carbonyl (C=O) groups is 3. The fourth-order valence-corrected chi connectivity index (χ4v) is 3.47. The van der Waals surface area contributed by atoms with Gasteiger partial charge >= 0.3 is 6.18 Å². The van der Waals surface area contributed by atoms with Crippen LogP contribution in [0.1, 0.15) is 46.5 Å². The van der Waals surface area contributed by atoms with Gasteiger partial charge in [0.05, 0.1) is 16.7 Å². The molecule has 2 aromatic rings. The molecule has 7 nitrogen and oxygen atoms in total. The standard InChI is InChI=1S/C23H20F3N3O4/c1-13(2)9-18(29-21(31)16-5-3-4-6-17(16)22(29)32)20(30)28-15-7-8-19(14(10-15)11-27)33-12-23(24,25)26/h3-8,10,13,18H,9,12H2,1-2H3,(H,28,30). The molecule has 10 heteroatoms. The lowest BCUT2D eigenvalue weighted by Gasteiger charge is -2.26. The predicted molar refractivity (Wildman–Crippen MR) is 112 cm³/mol. The van der Waals surface area contributed by atoms with Crippen LogP contribution in [0.15, 0.2) is 42.5 Å². The second kappa shape index (κ2) is 9.32. The van der Waals surface area contributed by atoms with Gasteiger partial charge in [-0.15, -0.1) is 0 Å². The first-order chi connectivity index (χ1) is 15.5. The number of fused-ring (bicyclic) bond motifs is 1. The Kier molecular flexibility index (Phi) is 6.72. The molecule has 172 valence electrons. The summed E-state index contributed by atoms with van der Waals surface area (Å²) in [6, 6.07) is 10.5. The summed E-state index contributed by atoms with van der Waals surface area (Å²) in [5.74, 6) is -2.15. The Balaban J connectivity index is 1.84. The number of nitriles is 1. The Morgan fingerprint density at radius 2 is 1.73 bits per heavy atom. The number of carbonyl (C=O) groups excluding carboxylic acids is 3. The third-order valence-corrected chi connectivity index (χ3v) is 4.89. The highest BCUT2D eigenvalue weighted by atomic mass is 19.4. The average molecular weight is 459 g/mol. The molecular formula is C23H20F3N3O4. The highest BCUT2D eigenvalue weighted by Crippen LogP contribution is 2.29. The maximum Gasteiger partial charge on any atom is 0.422 e. The van der Waals surface area contributed by atoms with Crippen LogP contribution in [-0.4, -0.2) is 41.4 Å². The number of benzene rings is 2. The smallest absolute Gasteiger partial charge is 0.422 e. The number of nitrogens with one attached hydrogen (secondary N) is 1. The molecule has 33 heavy (non-hydrogen) atoms. The minimum absolute atomic E-state index is 0.0436. The maximum atomic E-state index is 13.1. The van der Waals surface area contributed by atoms with Gasteiger partial charge in [-0.2, -0.15) is 18.4 Å². The summed E-state index contributed by atoms with van der Waals surface area (Å²) in [5, 5.41) is 11.8. The van der Waals surface area contributed by atoms with Gasteiger partial charge in [-0.3, -0.25) is 19.3 Å². The van der Waals surface area contributed by atoms with Crippen LogP contribution in [-0.2, 0) is 4.79 Å². The minimum atomic E-state index is -4.57. The zero-order valence-corrected chi connectivity index (χ0v) is 17.8. The molecule has 0 fully saturated rings. The minimum Gasteiger partial charge on any atom is -0.483 e. The molecule has 1 aliphatic rings. The van der Waals surface area contributed by atoms with Crippen molar-refractivity contribution >= 4 is 23.4 Å². The van der Waals surface area contributed by atoms with E-state index in [1.807, 2.05) is 13.8 Å². The molecular weight excluding hydrogens is 439 g/mol. The van der Waals surface area contributed by atoms with Crippen molar-refractivity contribution in [2.45, 2.75) is 32.5 Å². The zero-order valence-electron chi connectivity index (χ0n) is 17.8. The van der Waals surface area contributed by atoms with E-state index >= 15 is 0 Å². The number of imide groups is 1. The molecule has 0 radical (unpaired) electrons. The van der Waals surface area contributed by atoms with Crippen molar-refractivity contribution in [2.75, 3.05) is 11.9 Å². The lowest BCUT2D eigenvalue weighted by atomic mass is 10.0. The molecule has 0 bridgehead atoms.